The molecule has 0 aliphatic carbocycles. The fourth-order valence-corrected chi connectivity index (χ4v) is 2.09. The van der Waals surface area contributed by atoms with Crippen molar-refractivity contribution in [1.82, 2.24) is 10.2 Å². The molecule has 1 aliphatic rings. The van der Waals surface area contributed by atoms with Crippen molar-refractivity contribution in [3.63, 3.8) is 0 Å². The fourth-order valence-electron chi connectivity index (χ4n) is 2.09. The Morgan fingerprint density at radius 3 is 3.14 bits per heavy atom. The van der Waals surface area contributed by atoms with Gasteiger partial charge in [0.15, 0.2) is 6.61 Å². The van der Waals surface area contributed by atoms with Crippen LogP contribution in [0.2, 0.25) is 0 Å². The van der Waals surface area contributed by atoms with Gasteiger partial charge in [0.25, 0.3) is 11.8 Å². The van der Waals surface area contributed by atoms with E-state index in [-0.39, 0.29) is 18.4 Å². The number of aromatic amines is 1. The first-order valence-corrected chi connectivity index (χ1v) is 6.57. The molecule has 0 bridgehead atoms. The van der Waals surface area contributed by atoms with E-state index in [0.29, 0.717) is 22.8 Å². The molecular formula is C14H14N4O3. The Morgan fingerprint density at radius 1 is 1.48 bits per heavy atom. The zero-order chi connectivity index (χ0) is 14.8. The zero-order valence-corrected chi connectivity index (χ0v) is 11.4. The highest BCUT2D eigenvalue weighted by Crippen LogP contribution is 2.28. The van der Waals surface area contributed by atoms with Gasteiger partial charge in [-0.25, -0.2) is 0 Å². The maximum atomic E-state index is 12.2. The maximum Gasteiger partial charge on any atom is 0.262 e. The third-order valence-electron chi connectivity index (χ3n) is 3.21. The Hall–Kier alpha value is -2.83. The van der Waals surface area contributed by atoms with Gasteiger partial charge >= 0.3 is 0 Å². The molecule has 1 aromatic heterocycles. The van der Waals surface area contributed by atoms with E-state index < -0.39 is 0 Å². The molecule has 21 heavy (non-hydrogen) atoms. The van der Waals surface area contributed by atoms with E-state index in [1.807, 2.05) is 6.92 Å². The lowest BCUT2D eigenvalue weighted by molar-refractivity contribution is -0.118. The molecule has 1 aliphatic heterocycles. The summed E-state index contributed by atoms with van der Waals surface area (Å²) < 4.78 is 5.29. The number of rotatable bonds is 3. The third-order valence-corrected chi connectivity index (χ3v) is 3.21. The normalized spacial score (nSPS) is 13.1. The number of aryl methyl sites for hydroxylation is 1. The van der Waals surface area contributed by atoms with Crippen molar-refractivity contribution in [3.8, 4) is 5.75 Å². The van der Waals surface area contributed by atoms with Crippen LogP contribution in [0.25, 0.3) is 0 Å². The van der Waals surface area contributed by atoms with Crippen molar-refractivity contribution >= 4 is 23.3 Å². The minimum atomic E-state index is -0.266. The molecule has 0 unspecified atom stereocenters. The van der Waals surface area contributed by atoms with E-state index in [1.165, 1.54) is 0 Å². The average molecular weight is 286 g/mol. The predicted octanol–water partition coefficient (Wildman–Crippen LogP) is 1.56. The number of carbonyl (C=O) groups excluding carboxylic acids is 2. The van der Waals surface area contributed by atoms with Crippen LogP contribution in [0.5, 0.6) is 5.75 Å². The molecule has 2 amide bonds. The second-order valence-corrected chi connectivity index (χ2v) is 4.63. The molecule has 0 atom stereocenters. The number of ether oxygens (including phenoxy) is 1. The lowest BCUT2D eigenvalue weighted by atomic mass is 10.1. The largest absolute Gasteiger partial charge is 0.482 e. The highest BCUT2D eigenvalue weighted by Gasteiger charge is 2.18. The first-order chi connectivity index (χ1) is 10.2. The number of nitrogens with one attached hydrogen (secondary N) is 3. The van der Waals surface area contributed by atoms with Crippen LogP contribution in [0.3, 0.4) is 0 Å². The summed E-state index contributed by atoms with van der Waals surface area (Å²) in [7, 11) is 0. The van der Waals surface area contributed by atoms with Crippen molar-refractivity contribution in [2.24, 2.45) is 0 Å². The number of hydrogen-bond acceptors (Lipinski definition) is 4. The predicted molar refractivity (Wildman–Crippen MR) is 76.5 cm³/mol. The van der Waals surface area contributed by atoms with Crippen molar-refractivity contribution in [3.05, 3.63) is 35.5 Å². The molecule has 0 radical (unpaired) electrons. The van der Waals surface area contributed by atoms with Gasteiger partial charge in [0.1, 0.15) is 11.6 Å². The first kappa shape index (κ1) is 13.2. The number of nitrogens with zero attached hydrogens (tertiary/aromatic N) is 1. The van der Waals surface area contributed by atoms with Crippen LogP contribution in [0.1, 0.15) is 22.8 Å². The highest BCUT2D eigenvalue weighted by atomic mass is 16.5. The van der Waals surface area contributed by atoms with E-state index >= 15 is 0 Å². The summed E-state index contributed by atoms with van der Waals surface area (Å²) in [5, 5.41) is 12.1. The standard InChI is InChI=1S/C14H14N4O3/c1-2-8-6-15-18-13(8)17-14(20)9-3-4-10-11(5-9)21-7-12(19)16-10/h3-6H,2,7H2,1H3,(H,16,19)(H2,15,17,18,20). The van der Waals surface area contributed by atoms with E-state index in [9.17, 15) is 9.59 Å². The first-order valence-electron chi connectivity index (χ1n) is 6.57. The molecular weight excluding hydrogens is 272 g/mol. The summed E-state index contributed by atoms with van der Waals surface area (Å²) in [6.07, 6.45) is 2.45. The Bertz CT molecular complexity index is 708. The Balaban J connectivity index is 1.81. The number of carbonyl (C=O) groups is 2. The second kappa shape index (κ2) is 5.28. The lowest BCUT2D eigenvalue weighted by Gasteiger charge is -2.18. The fraction of sp³-hybridized carbons (Fsp3) is 0.214. The molecule has 7 heteroatoms. The van der Waals surface area contributed by atoms with Crippen LogP contribution in [0.15, 0.2) is 24.4 Å². The van der Waals surface area contributed by atoms with Gasteiger partial charge in [-0.1, -0.05) is 6.92 Å². The summed E-state index contributed by atoms with van der Waals surface area (Å²) in [5.41, 5.74) is 1.95. The molecule has 0 spiro atoms. The van der Waals surface area contributed by atoms with E-state index in [1.54, 1.807) is 24.4 Å². The summed E-state index contributed by atoms with van der Waals surface area (Å²) >= 11 is 0. The number of amides is 2. The number of aromatic nitrogens is 2. The third kappa shape index (κ3) is 2.58. The summed E-state index contributed by atoms with van der Waals surface area (Å²) in [6.45, 7) is 1.94. The molecule has 0 fully saturated rings. The Morgan fingerprint density at radius 2 is 2.33 bits per heavy atom. The van der Waals surface area contributed by atoms with E-state index in [2.05, 4.69) is 20.8 Å². The zero-order valence-electron chi connectivity index (χ0n) is 11.4. The van der Waals surface area contributed by atoms with Crippen LogP contribution >= 0.6 is 0 Å². The van der Waals surface area contributed by atoms with Crippen LogP contribution in [0.4, 0.5) is 11.5 Å². The Labute approximate surface area is 120 Å². The van der Waals surface area contributed by atoms with Gasteiger partial charge in [-0.05, 0) is 24.6 Å². The SMILES string of the molecule is CCc1cn[nH]c1NC(=O)c1ccc2c(c1)OCC(=O)N2. The van der Waals surface area contributed by atoms with Crippen LogP contribution in [-0.2, 0) is 11.2 Å². The number of H-pyrrole nitrogens is 1. The molecule has 108 valence electrons. The maximum absolute atomic E-state index is 12.2. The number of fused-ring (bicyclic) bond motifs is 1. The molecule has 0 saturated carbocycles. The summed E-state index contributed by atoms with van der Waals surface area (Å²) in [5.74, 6) is 0.610. The van der Waals surface area contributed by atoms with Crippen molar-refractivity contribution < 1.29 is 14.3 Å². The smallest absolute Gasteiger partial charge is 0.262 e. The second-order valence-electron chi connectivity index (χ2n) is 4.63. The molecule has 2 heterocycles. The molecule has 7 nitrogen and oxygen atoms in total. The molecule has 1 aromatic carbocycles. The highest BCUT2D eigenvalue weighted by molar-refractivity contribution is 6.05. The van der Waals surface area contributed by atoms with Gasteiger partial charge in [-0.2, -0.15) is 5.10 Å². The molecule has 2 aromatic rings. The monoisotopic (exact) mass is 286 g/mol. The number of anilines is 2. The minimum absolute atomic E-state index is 0.0431. The van der Waals surface area contributed by atoms with E-state index in [4.69, 9.17) is 4.74 Å². The topological polar surface area (TPSA) is 96.1 Å². The quantitative estimate of drug-likeness (QED) is 0.797. The number of hydrogen-bond donors (Lipinski definition) is 3. The van der Waals surface area contributed by atoms with Gasteiger partial charge in [-0.3, -0.25) is 14.7 Å². The molecule has 3 rings (SSSR count). The van der Waals surface area contributed by atoms with Gasteiger partial charge in [0, 0.05) is 11.1 Å². The number of benzene rings is 1. The van der Waals surface area contributed by atoms with Crippen molar-refractivity contribution in [2.45, 2.75) is 13.3 Å². The van der Waals surface area contributed by atoms with Gasteiger partial charge in [-0.15, -0.1) is 0 Å². The molecule has 3 N–H and O–H groups in total. The molecule has 0 saturated heterocycles. The van der Waals surface area contributed by atoms with Crippen LogP contribution in [0, 0.1) is 0 Å². The Kier molecular flexibility index (Phi) is 3.31. The van der Waals surface area contributed by atoms with Gasteiger partial charge < -0.3 is 15.4 Å². The summed E-state index contributed by atoms with van der Waals surface area (Å²) in [4.78, 5) is 23.4. The van der Waals surface area contributed by atoms with Gasteiger partial charge in [0.05, 0.1) is 11.9 Å². The van der Waals surface area contributed by atoms with Crippen LogP contribution in [-0.4, -0.2) is 28.6 Å². The lowest BCUT2D eigenvalue weighted by Crippen LogP contribution is -2.25. The minimum Gasteiger partial charge on any atom is -0.482 e. The van der Waals surface area contributed by atoms with E-state index in [0.717, 1.165) is 12.0 Å². The van der Waals surface area contributed by atoms with Crippen molar-refractivity contribution in [2.75, 3.05) is 17.2 Å². The summed E-state index contributed by atoms with van der Waals surface area (Å²) in [6, 6.07) is 4.88. The van der Waals surface area contributed by atoms with Crippen molar-refractivity contribution in [1.29, 1.82) is 0 Å². The van der Waals surface area contributed by atoms with Gasteiger partial charge in [0.2, 0.25) is 0 Å². The average Bonchev–Trinajstić information content (AvgIpc) is 2.93. The van der Waals surface area contributed by atoms with Crippen LogP contribution < -0.4 is 15.4 Å².